The van der Waals surface area contributed by atoms with Crippen molar-refractivity contribution in [1.29, 1.82) is 0 Å². The first kappa shape index (κ1) is 18.3. The number of imide groups is 2. The summed E-state index contributed by atoms with van der Waals surface area (Å²) in [6, 6.07) is 8.51. The van der Waals surface area contributed by atoms with E-state index >= 15 is 0 Å². The third kappa shape index (κ3) is 4.01. The van der Waals surface area contributed by atoms with Gasteiger partial charge in [0.25, 0.3) is 11.8 Å². The maximum absolute atomic E-state index is 13.6. The molecule has 0 atom stereocenters. The minimum absolute atomic E-state index is 0.00161. The van der Waals surface area contributed by atoms with Crippen LogP contribution in [0.4, 0.5) is 9.18 Å². The Bertz CT molecular complexity index is 997. The monoisotopic (exact) mass is 388 g/mol. The van der Waals surface area contributed by atoms with Crippen LogP contribution in [-0.2, 0) is 9.59 Å². The molecule has 2 aromatic rings. The molecule has 7 nitrogen and oxygen atoms in total. The average Bonchev–Trinajstić information content (AvgIpc) is 2.60. The molecule has 9 heteroatoms. The Hall–Kier alpha value is -3.52. The molecule has 4 amide bonds. The van der Waals surface area contributed by atoms with Crippen LogP contribution in [0.2, 0.25) is 5.02 Å². The number of halogens is 2. The van der Waals surface area contributed by atoms with Gasteiger partial charge in [0.1, 0.15) is 17.1 Å². The summed E-state index contributed by atoms with van der Waals surface area (Å²) in [5, 5.41) is 3.88. The largest absolute Gasteiger partial charge is 0.421 e. The molecule has 0 unspecified atom stereocenters. The van der Waals surface area contributed by atoms with Gasteiger partial charge in [0.2, 0.25) is 0 Å². The smallest absolute Gasteiger partial charge is 0.346 e. The quantitative estimate of drug-likeness (QED) is 0.364. The maximum atomic E-state index is 13.6. The molecule has 0 spiro atoms. The fourth-order valence-corrected chi connectivity index (χ4v) is 2.47. The number of barbiturate groups is 1. The predicted octanol–water partition coefficient (Wildman–Crippen LogP) is 2.45. The number of urea groups is 1. The standard InChI is InChI=1S/C18H10ClFN2O5/c19-12-8-9(7-11-15(23)21-18(26)22-16(11)24)5-6-14(12)27-17(25)10-3-1-2-4-13(10)20/h1-8H,(H2,21,22,23,24,26). The first-order chi connectivity index (χ1) is 12.8. The van der Waals surface area contributed by atoms with Gasteiger partial charge in [0, 0.05) is 0 Å². The highest BCUT2D eigenvalue weighted by Crippen LogP contribution is 2.27. The van der Waals surface area contributed by atoms with Crippen LogP contribution in [-0.4, -0.2) is 23.8 Å². The van der Waals surface area contributed by atoms with Gasteiger partial charge in [-0.05, 0) is 35.9 Å². The van der Waals surface area contributed by atoms with E-state index in [9.17, 15) is 23.6 Å². The Kier molecular flexibility index (Phi) is 5.00. The van der Waals surface area contributed by atoms with Gasteiger partial charge in [-0.1, -0.05) is 29.8 Å². The van der Waals surface area contributed by atoms with Crippen molar-refractivity contribution in [3.05, 3.63) is 70.0 Å². The van der Waals surface area contributed by atoms with E-state index in [1.54, 1.807) is 0 Å². The lowest BCUT2D eigenvalue weighted by Gasteiger charge is -2.14. The topological polar surface area (TPSA) is 102 Å². The number of hydrogen-bond acceptors (Lipinski definition) is 5. The summed E-state index contributed by atoms with van der Waals surface area (Å²) < 4.78 is 18.7. The summed E-state index contributed by atoms with van der Waals surface area (Å²) in [6.45, 7) is 0. The highest BCUT2D eigenvalue weighted by Gasteiger charge is 2.27. The molecule has 0 saturated carbocycles. The Morgan fingerprint density at radius 2 is 1.70 bits per heavy atom. The van der Waals surface area contributed by atoms with Crippen LogP contribution in [0.25, 0.3) is 6.08 Å². The van der Waals surface area contributed by atoms with E-state index in [0.717, 1.165) is 6.07 Å². The van der Waals surface area contributed by atoms with Crippen molar-refractivity contribution in [2.45, 2.75) is 0 Å². The molecule has 0 aliphatic carbocycles. The summed E-state index contributed by atoms with van der Waals surface area (Å²) >= 11 is 6.06. The van der Waals surface area contributed by atoms with Crippen LogP contribution >= 0.6 is 11.6 Å². The number of benzene rings is 2. The van der Waals surface area contributed by atoms with E-state index in [1.165, 1.54) is 42.5 Å². The SMILES string of the molecule is O=C1NC(=O)C(=Cc2ccc(OC(=O)c3ccccc3F)c(Cl)c2)C(=O)N1. The molecule has 27 heavy (non-hydrogen) atoms. The van der Waals surface area contributed by atoms with Crippen LogP contribution in [0.1, 0.15) is 15.9 Å². The van der Waals surface area contributed by atoms with Crippen LogP contribution in [0.3, 0.4) is 0 Å². The number of ether oxygens (including phenoxy) is 1. The summed E-state index contributed by atoms with van der Waals surface area (Å²) in [5.74, 6) is -3.39. The summed E-state index contributed by atoms with van der Waals surface area (Å²) in [6.07, 6.45) is 1.21. The number of rotatable bonds is 3. The molecule has 1 aliphatic heterocycles. The van der Waals surface area contributed by atoms with E-state index in [1.807, 2.05) is 10.6 Å². The van der Waals surface area contributed by atoms with E-state index in [0.29, 0.717) is 5.56 Å². The van der Waals surface area contributed by atoms with Gasteiger partial charge in [-0.15, -0.1) is 0 Å². The van der Waals surface area contributed by atoms with Crippen molar-refractivity contribution in [3.8, 4) is 5.75 Å². The zero-order chi connectivity index (χ0) is 19.6. The van der Waals surface area contributed by atoms with Crippen molar-refractivity contribution in [2.75, 3.05) is 0 Å². The van der Waals surface area contributed by atoms with Crippen molar-refractivity contribution in [2.24, 2.45) is 0 Å². The zero-order valence-electron chi connectivity index (χ0n) is 13.4. The first-order valence-corrected chi connectivity index (χ1v) is 7.87. The van der Waals surface area contributed by atoms with Crippen molar-refractivity contribution in [3.63, 3.8) is 0 Å². The Labute approximate surface area is 156 Å². The molecule has 0 radical (unpaired) electrons. The summed E-state index contributed by atoms with van der Waals surface area (Å²) in [4.78, 5) is 46.5. The van der Waals surface area contributed by atoms with E-state index in [2.05, 4.69) is 0 Å². The van der Waals surface area contributed by atoms with Crippen molar-refractivity contribution < 1.29 is 28.3 Å². The highest BCUT2D eigenvalue weighted by atomic mass is 35.5. The van der Waals surface area contributed by atoms with Crippen LogP contribution in [0.5, 0.6) is 5.75 Å². The second-order valence-corrected chi connectivity index (χ2v) is 5.76. The molecule has 1 fully saturated rings. The fraction of sp³-hybridized carbons (Fsp3) is 0. The number of nitrogens with one attached hydrogen (secondary N) is 2. The zero-order valence-corrected chi connectivity index (χ0v) is 14.2. The van der Waals surface area contributed by atoms with Gasteiger partial charge in [-0.3, -0.25) is 20.2 Å². The second-order valence-electron chi connectivity index (χ2n) is 5.35. The number of hydrogen-bond donors (Lipinski definition) is 2. The first-order valence-electron chi connectivity index (χ1n) is 7.50. The normalized spacial score (nSPS) is 13.7. The molecule has 2 aromatic carbocycles. The molecular weight excluding hydrogens is 379 g/mol. The van der Waals surface area contributed by atoms with Crippen molar-refractivity contribution >= 4 is 41.5 Å². The minimum Gasteiger partial charge on any atom is -0.421 e. The number of esters is 1. The number of carbonyl (C=O) groups excluding carboxylic acids is 4. The fourth-order valence-electron chi connectivity index (χ4n) is 2.24. The molecule has 136 valence electrons. The Balaban J connectivity index is 1.82. The molecule has 3 rings (SSSR count). The molecule has 2 N–H and O–H groups in total. The molecule has 0 aromatic heterocycles. The van der Waals surface area contributed by atoms with E-state index < -0.39 is 29.6 Å². The third-order valence-corrected chi connectivity index (χ3v) is 3.80. The molecule has 1 saturated heterocycles. The van der Waals surface area contributed by atoms with E-state index in [-0.39, 0.29) is 21.9 Å². The third-order valence-electron chi connectivity index (χ3n) is 3.51. The number of amides is 4. The number of carbonyl (C=O) groups is 4. The molecule has 1 heterocycles. The highest BCUT2D eigenvalue weighted by molar-refractivity contribution is 6.33. The van der Waals surface area contributed by atoms with Gasteiger partial charge in [0.05, 0.1) is 10.6 Å². The second kappa shape index (κ2) is 7.38. The molecule has 1 aliphatic rings. The lowest BCUT2D eigenvalue weighted by molar-refractivity contribution is -0.123. The average molecular weight is 389 g/mol. The summed E-state index contributed by atoms with van der Waals surface area (Å²) in [5.41, 5.74) is -0.193. The van der Waals surface area contributed by atoms with Crippen molar-refractivity contribution in [1.82, 2.24) is 10.6 Å². The predicted molar refractivity (Wildman–Crippen MR) is 92.5 cm³/mol. The maximum Gasteiger partial charge on any atom is 0.346 e. The lowest BCUT2D eigenvalue weighted by atomic mass is 10.1. The van der Waals surface area contributed by atoms with Crippen LogP contribution in [0, 0.1) is 5.82 Å². The van der Waals surface area contributed by atoms with Crippen LogP contribution < -0.4 is 15.4 Å². The molecule has 0 bridgehead atoms. The van der Waals surface area contributed by atoms with Crippen LogP contribution in [0.15, 0.2) is 48.0 Å². The molecular formula is C18H10ClFN2O5. The van der Waals surface area contributed by atoms with Gasteiger partial charge in [-0.2, -0.15) is 0 Å². The Morgan fingerprint density at radius 1 is 1.04 bits per heavy atom. The Morgan fingerprint density at radius 3 is 2.33 bits per heavy atom. The van der Waals surface area contributed by atoms with Gasteiger partial charge in [0.15, 0.2) is 0 Å². The summed E-state index contributed by atoms with van der Waals surface area (Å²) in [7, 11) is 0. The van der Waals surface area contributed by atoms with Gasteiger partial charge < -0.3 is 4.74 Å². The van der Waals surface area contributed by atoms with Gasteiger partial charge >= 0.3 is 12.0 Å². The van der Waals surface area contributed by atoms with Gasteiger partial charge in [-0.25, -0.2) is 14.0 Å². The minimum atomic E-state index is -0.925. The van der Waals surface area contributed by atoms with E-state index in [4.69, 9.17) is 16.3 Å². The lowest BCUT2D eigenvalue weighted by Crippen LogP contribution is -2.51.